The number of hydrogen-bond acceptors (Lipinski definition) is 5. The number of halogens is 1. The number of rotatable bonds is 6. The van der Waals surface area contributed by atoms with Crippen molar-refractivity contribution in [1.82, 2.24) is 15.1 Å². The average Bonchev–Trinajstić information content (AvgIpc) is 3.54. The Balaban J connectivity index is 1.12. The SMILES string of the molecule is O=C(c1cc(Br)cc(N2CCNCC2)c1)N1CCN(C(=O)c2ccc(O[C@H]3CC[NH2+]C3)c(C3CCCCC3)c2)CC1. The van der Waals surface area contributed by atoms with E-state index in [0.29, 0.717) is 37.7 Å². The number of piperazine rings is 2. The maximum absolute atomic E-state index is 13.7. The fourth-order valence-electron chi connectivity index (χ4n) is 6.81. The Morgan fingerprint density at radius 3 is 2.22 bits per heavy atom. The number of ether oxygens (including phenoxy) is 1. The van der Waals surface area contributed by atoms with Crippen LogP contribution in [0.1, 0.15) is 70.7 Å². The Bertz CT molecular complexity index is 1230. The molecule has 3 saturated heterocycles. The second-order valence-corrected chi connectivity index (χ2v) is 12.9. The largest absolute Gasteiger partial charge is 0.484 e. The van der Waals surface area contributed by atoms with Gasteiger partial charge in [0.05, 0.1) is 6.54 Å². The summed E-state index contributed by atoms with van der Waals surface area (Å²) in [7, 11) is 0. The summed E-state index contributed by atoms with van der Waals surface area (Å²) in [5.41, 5.74) is 3.72. The number of nitrogens with two attached hydrogens (primary N) is 1. The fraction of sp³-hybridized carbons (Fsp3) is 0.562. The maximum atomic E-state index is 13.7. The van der Waals surface area contributed by atoms with Crippen LogP contribution < -0.4 is 20.3 Å². The molecule has 9 heteroatoms. The van der Waals surface area contributed by atoms with Crippen LogP contribution in [0.2, 0.25) is 0 Å². The molecule has 3 aliphatic heterocycles. The summed E-state index contributed by atoms with van der Waals surface area (Å²) in [6.45, 7) is 8.03. The monoisotopic (exact) mass is 624 g/mol. The molecule has 3 heterocycles. The van der Waals surface area contributed by atoms with Crippen LogP contribution in [0.15, 0.2) is 40.9 Å². The summed E-state index contributed by atoms with van der Waals surface area (Å²) in [4.78, 5) is 33.3. The fourth-order valence-corrected chi connectivity index (χ4v) is 7.30. The van der Waals surface area contributed by atoms with Crippen LogP contribution in [0, 0.1) is 0 Å². The molecule has 1 atom stereocenters. The van der Waals surface area contributed by atoms with Gasteiger partial charge in [-0.2, -0.15) is 0 Å². The summed E-state index contributed by atoms with van der Waals surface area (Å²) in [6, 6.07) is 12.1. The molecular weight excluding hydrogens is 582 g/mol. The van der Waals surface area contributed by atoms with E-state index in [-0.39, 0.29) is 17.9 Å². The second-order valence-electron chi connectivity index (χ2n) is 11.9. The molecule has 4 fully saturated rings. The van der Waals surface area contributed by atoms with E-state index in [4.69, 9.17) is 4.74 Å². The Hall–Kier alpha value is -2.62. The molecule has 41 heavy (non-hydrogen) atoms. The molecule has 2 aromatic rings. The molecule has 6 rings (SSSR count). The Morgan fingerprint density at radius 1 is 0.829 bits per heavy atom. The molecule has 3 N–H and O–H groups in total. The average molecular weight is 626 g/mol. The van der Waals surface area contributed by atoms with E-state index in [9.17, 15) is 9.59 Å². The number of carbonyl (C=O) groups is 2. The summed E-state index contributed by atoms with van der Waals surface area (Å²) < 4.78 is 7.38. The number of benzene rings is 2. The lowest BCUT2D eigenvalue weighted by Crippen LogP contribution is -2.81. The van der Waals surface area contributed by atoms with Crippen LogP contribution in [0.25, 0.3) is 0 Å². The number of anilines is 1. The molecule has 0 radical (unpaired) electrons. The van der Waals surface area contributed by atoms with Crippen molar-refractivity contribution in [3.8, 4) is 5.75 Å². The molecular formula is C32H43BrN5O3+. The van der Waals surface area contributed by atoms with Gasteiger partial charge in [0.1, 0.15) is 12.3 Å². The number of quaternary nitrogens is 1. The zero-order valence-electron chi connectivity index (χ0n) is 24.0. The first-order valence-corrected chi connectivity index (χ1v) is 16.3. The van der Waals surface area contributed by atoms with Crippen LogP contribution in [0.5, 0.6) is 5.75 Å². The first-order valence-electron chi connectivity index (χ1n) is 15.5. The highest BCUT2D eigenvalue weighted by Crippen LogP contribution is 2.39. The van der Waals surface area contributed by atoms with Gasteiger partial charge in [-0.3, -0.25) is 9.59 Å². The topological polar surface area (TPSA) is 81.7 Å². The third kappa shape index (κ3) is 6.73. The van der Waals surface area contributed by atoms with Crippen molar-refractivity contribution in [1.29, 1.82) is 0 Å². The van der Waals surface area contributed by atoms with E-state index in [1.807, 2.05) is 34.1 Å². The molecule has 1 saturated carbocycles. The summed E-state index contributed by atoms with van der Waals surface area (Å²) >= 11 is 3.61. The van der Waals surface area contributed by atoms with E-state index in [2.05, 4.69) is 43.6 Å². The number of amides is 2. The lowest BCUT2D eigenvalue weighted by atomic mass is 9.83. The Kier molecular flexibility index (Phi) is 9.13. The van der Waals surface area contributed by atoms with Gasteiger partial charge in [0.2, 0.25) is 0 Å². The normalized spacial score (nSPS) is 22.2. The van der Waals surface area contributed by atoms with Crippen LogP contribution in [0.4, 0.5) is 5.69 Å². The molecule has 0 aromatic heterocycles. The van der Waals surface area contributed by atoms with Crippen molar-refractivity contribution >= 4 is 33.4 Å². The van der Waals surface area contributed by atoms with Crippen molar-refractivity contribution < 1.29 is 19.6 Å². The highest BCUT2D eigenvalue weighted by atomic mass is 79.9. The molecule has 2 amide bonds. The highest BCUT2D eigenvalue weighted by Gasteiger charge is 2.29. The van der Waals surface area contributed by atoms with E-state index in [0.717, 1.165) is 80.0 Å². The van der Waals surface area contributed by atoms with Crippen LogP contribution in [0.3, 0.4) is 0 Å². The molecule has 0 spiro atoms. The Labute approximate surface area is 251 Å². The van der Waals surface area contributed by atoms with Gasteiger partial charge in [0.25, 0.3) is 11.8 Å². The van der Waals surface area contributed by atoms with E-state index in [1.165, 1.54) is 24.8 Å². The van der Waals surface area contributed by atoms with Crippen molar-refractivity contribution in [2.75, 3.05) is 70.3 Å². The Morgan fingerprint density at radius 2 is 1.54 bits per heavy atom. The minimum atomic E-state index is 0.0278. The first-order chi connectivity index (χ1) is 20.0. The van der Waals surface area contributed by atoms with Crippen molar-refractivity contribution in [2.45, 2.75) is 50.5 Å². The van der Waals surface area contributed by atoms with Crippen LogP contribution in [-0.4, -0.2) is 93.2 Å². The van der Waals surface area contributed by atoms with Gasteiger partial charge in [0.15, 0.2) is 6.10 Å². The quantitative estimate of drug-likeness (QED) is 0.516. The number of nitrogens with zero attached hydrogens (tertiary/aromatic N) is 3. The second kappa shape index (κ2) is 13.1. The van der Waals surface area contributed by atoms with Gasteiger partial charge < -0.3 is 30.1 Å². The molecule has 2 aromatic carbocycles. The predicted molar refractivity (Wildman–Crippen MR) is 164 cm³/mol. The predicted octanol–water partition coefficient (Wildman–Crippen LogP) is 3.22. The standard InChI is InChI=1S/C32H42BrN5O3/c33-26-18-25(19-27(21-26)36-12-10-34-11-13-36)32(40)38-16-14-37(15-17-38)31(39)24-6-7-30(41-28-8-9-35-22-28)29(20-24)23-4-2-1-3-5-23/h6-7,18-21,23,28,34-35H,1-5,8-17,22H2/p+1/t28-/m0/s1. The number of carbonyl (C=O) groups excluding carboxylic acids is 2. The summed E-state index contributed by atoms with van der Waals surface area (Å²) in [5, 5.41) is 5.70. The zero-order chi connectivity index (χ0) is 28.2. The van der Waals surface area contributed by atoms with Gasteiger partial charge in [0, 0.05) is 80.1 Å². The minimum absolute atomic E-state index is 0.0278. The molecule has 220 valence electrons. The zero-order valence-corrected chi connectivity index (χ0v) is 25.5. The number of hydrogen-bond donors (Lipinski definition) is 2. The molecule has 4 aliphatic rings. The van der Waals surface area contributed by atoms with Crippen molar-refractivity contribution in [3.63, 3.8) is 0 Å². The van der Waals surface area contributed by atoms with Gasteiger partial charge >= 0.3 is 0 Å². The van der Waals surface area contributed by atoms with Crippen molar-refractivity contribution in [3.05, 3.63) is 57.6 Å². The van der Waals surface area contributed by atoms with Crippen LogP contribution in [-0.2, 0) is 0 Å². The van der Waals surface area contributed by atoms with Crippen LogP contribution >= 0.6 is 15.9 Å². The first kappa shape index (κ1) is 28.5. The molecule has 0 unspecified atom stereocenters. The minimum Gasteiger partial charge on any atom is -0.484 e. The summed E-state index contributed by atoms with van der Waals surface area (Å²) in [6.07, 6.45) is 7.43. The van der Waals surface area contributed by atoms with E-state index < -0.39 is 0 Å². The van der Waals surface area contributed by atoms with E-state index >= 15 is 0 Å². The molecule has 0 bridgehead atoms. The smallest absolute Gasteiger partial charge is 0.254 e. The maximum Gasteiger partial charge on any atom is 0.254 e. The van der Waals surface area contributed by atoms with E-state index in [1.54, 1.807) is 0 Å². The van der Waals surface area contributed by atoms with Gasteiger partial charge in [-0.05, 0) is 60.7 Å². The summed E-state index contributed by atoms with van der Waals surface area (Å²) in [5.74, 6) is 1.51. The third-order valence-corrected chi connectivity index (χ3v) is 9.64. The third-order valence-electron chi connectivity index (χ3n) is 9.18. The lowest BCUT2D eigenvalue weighted by molar-refractivity contribution is -0.638. The van der Waals surface area contributed by atoms with Gasteiger partial charge in [-0.1, -0.05) is 35.2 Å². The molecule has 8 nitrogen and oxygen atoms in total. The highest BCUT2D eigenvalue weighted by molar-refractivity contribution is 9.10. The van der Waals surface area contributed by atoms with Crippen molar-refractivity contribution in [2.24, 2.45) is 0 Å². The van der Waals surface area contributed by atoms with Gasteiger partial charge in [-0.25, -0.2) is 0 Å². The lowest BCUT2D eigenvalue weighted by Gasteiger charge is -2.35. The number of nitrogens with one attached hydrogen (secondary N) is 1. The molecule has 1 aliphatic carbocycles. The van der Waals surface area contributed by atoms with Gasteiger partial charge in [-0.15, -0.1) is 0 Å².